The predicted octanol–water partition coefficient (Wildman–Crippen LogP) is 11.6. The molecule has 0 fully saturated rings. The van der Waals surface area contributed by atoms with Crippen molar-refractivity contribution in [2.75, 3.05) is 0 Å². The lowest BCUT2D eigenvalue weighted by atomic mass is 9.93. The molecule has 9 aromatic rings. The largest absolute Gasteiger partial charge is 0.309 e. The Morgan fingerprint density at radius 2 is 0.898 bits per heavy atom. The second-order valence-electron chi connectivity index (χ2n) is 12.1. The van der Waals surface area contributed by atoms with Crippen LogP contribution in [0.4, 0.5) is 0 Å². The van der Waals surface area contributed by atoms with Crippen LogP contribution in [0.5, 0.6) is 0 Å². The SMILES string of the molecule is N#Cc1ccc2c(c1)c1ccccc1n2-c1ccc(-c2ccccc2-c2ccccc2-n2c3ccccc3c3cc(C#N)ccc32)cc1I. The van der Waals surface area contributed by atoms with Gasteiger partial charge in [-0.2, -0.15) is 10.5 Å². The second-order valence-corrected chi connectivity index (χ2v) is 13.3. The van der Waals surface area contributed by atoms with Crippen molar-refractivity contribution in [3.8, 4) is 45.8 Å². The molecule has 2 heterocycles. The maximum atomic E-state index is 9.66. The van der Waals surface area contributed by atoms with Crippen molar-refractivity contribution in [1.29, 1.82) is 10.5 Å². The Hall–Kier alpha value is -6.15. The van der Waals surface area contributed by atoms with E-state index in [0.717, 1.165) is 80.8 Å². The summed E-state index contributed by atoms with van der Waals surface area (Å²) in [5, 5.41) is 23.6. The molecule has 2 aromatic heterocycles. The number of halogens is 1. The Morgan fingerprint density at radius 3 is 1.49 bits per heavy atom. The van der Waals surface area contributed by atoms with Gasteiger partial charge in [0.2, 0.25) is 0 Å². The van der Waals surface area contributed by atoms with Gasteiger partial charge in [0.1, 0.15) is 0 Å². The van der Waals surface area contributed by atoms with Gasteiger partial charge >= 0.3 is 0 Å². The third kappa shape index (κ3) is 4.55. The van der Waals surface area contributed by atoms with E-state index in [0.29, 0.717) is 11.1 Å². The van der Waals surface area contributed by atoms with Gasteiger partial charge in [0.05, 0.1) is 56.7 Å². The molecule has 49 heavy (non-hydrogen) atoms. The minimum absolute atomic E-state index is 0.653. The molecule has 0 aliphatic carbocycles. The summed E-state index contributed by atoms with van der Waals surface area (Å²) in [5.41, 5.74) is 12.4. The molecule has 5 heteroatoms. The molecule has 0 unspecified atom stereocenters. The van der Waals surface area contributed by atoms with Gasteiger partial charge < -0.3 is 9.13 Å². The highest BCUT2D eigenvalue weighted by Crippen LogP contribution is 2.41. The van der Waals surface area contributed by atoms with Gasteiger partial charge in [-0.3, -0.25) is 0 Å². The molecule has 0 amide bonds. The lowest BCUT2D eigenvalue weighted by Crippen LogP contribution is -1.99. The van der Waals surface area contributed by atoms with E-state index >= 15 is 0 Å². The van der Waals surface area contributed by atoms with Crippen molar-refractivity contribution >= 4 is 66.2 Å². The lowest BCUT2D eigenvalue weighted by molar-refractivity contribution is 1.17. The highest BCUT2D eigenvalue weighted by atomic mass is 127. The number of nitrogens with zero attached hydrogens (tertiary/aromatic N) is 4. The van der Waals surface area contributed by atoms with Crippen LogP contribution >= 0.6 is 22.6 Å². The average molecular weight is 737 g/mol. The van der Waals surface area contributed by atoms with Crippen molar-refractivity contribution in [1.82, 2.24) is 9.13 Å². The van der Waals surface area contributed by atoms with Crippen LogP contribution in [0.1, 0.15) is 11.1 Å². The number of aromatic nitrogens is 2. The first kappa shape index (κ1) is 29.0. The van der Waals surface area contributed by atoms with Crippen molar-refractivity contribution in [3.05, 3.63) is 166 Å². The topological polar surface area (TPSA) is 57.4 Å². The Kier molecular flexibility index (Phi) is 6.83. The van der Waals surface area contributed by atoms with Crippen LogP contribution in [0.2, 0.25) is 0 Å². The molecular weight excluding hydrogens is 711 g/mol. The molecule has 228 valence electrons. The number of fused-ring (bicyclic) bond motifs is 6. The minimum atomic E-state index is 0.653. The maximum absolute atomic E-state index is 9.66. The van der Waals surface area contributed by atoms with E-state index in [-0.39, 0.29) is 0 Å². The van der Waals surface area contributed by atoms with Crippen molar-refractivity contribution < 1.29 is 0 Å². The van der Waals surface area contributed by atoms with Gasteiger partial charge in [-0.05, 0) is 106 Å². The summed E-state index contributed by atoms with van der Waals surface area (Å²) in [6.07, 6.45) is 0. The molecule has 0 atom stereocenters. The number of rotatable bonds is 4. The Morgan fingerprint density at radius 1 is 0.408 bits per heavy atom. The summed E-state index contributed by atoms with van der Waals surface area (Å²) in [5.74, 6) is 0. The van der Waals surface area contributed by atoms with Crippen LogP contribution in [0.25, 0.3) is 77.2 Å². The van der Waals surface area contributed by atoms with Crippen molar-refractivity contribution in [3.63, 3.8) is 0 Å². The standard InChI is InChI=1S/C44H25IN4/c45-38-25-30(19-22-44(38)49-41-16-8-5-13-35(41)37-24-29(27-47)18-21-43(37)49)31-9-1-2-10-32(31)33-11-3-6-14-39(33)48-40-15-7-4-12-34(40)36-23-28(26-46)17-20-42(36)48/h1-25H. The molecule has 0 aliphatic rings. The zero-order valence-corrected chi connectivity index (χ0v) is 28.3. The average Bonchev–Trinajstić information content (AvgIpc) is 3.66. The molecule has 0 radical (unpaired) electrons. The Bertz CT molecular complexity index is 2880. The predicted molar refractivity (Wildman–Crippen MR) is 208 cm³/mol. The van der Waals surface area contributed by atoms with Crippen LogP contribution in [-0.2, 0) is 0 Å². The fourth-order valence-electron chi connectivity index (χ4n) is 7.33. The highest BCUT2D eigenvalue weighted by Gasteiger charge is 2.19. The van der Waals surface area contributed by atoms with Crippen molar-refractivity contribution in [2.45, 2.75) is 0 Å². The Balaban J connectivity index is 1.22. The van der Waals surface area contributed by atoms with Crippen LogP contribution in [-0.4, -0.2) is 9.13 Å². The van der Waals surface area contributed by atoms with Gasteiger partial charge in [-0.15, -0.1) is 0 Å². The number of benzene rings is 7. The second kappa shape index (κ2) is 11.5. The molecule has 0 saturated carbocycles. The molecule has 0 spiro atoms. The van der Waals surface area contributed by atoms with E-state index in [1.54, 1.807) is 0 Å². The fourth-order valence-corrected chi connectivity index (χ4v) is 8.08. The first-order chi connectivity index (χ1) is 24.1. The highest BCUT2D eigenvalue weighted by molar-refractivity contribution is 14.1. The zero-order chi connectivity index (χ0) is 33.1. The lowest BCUT2D eigenvalue weighted by Gasteiger charge is -2.18. The molecular formula is C44H25IN4. The first-order valence-electron chi connectivity index (χ1n) is 16.0. The Labute approximate surface area is 296 Å². The smallest absolute Gasteiger partial charge is 0.0991 e. The molecule has 7 aromatic carbocycles. The fraction of sp³-hybridized carbons (Fsp3) is 0. The number of hydrogen-bond donors (Lipinski definition) is 0. The summed E-state index contributed by atoms with van der Waals surface area (Å²) >= 11 is 2.46. The molecule has 9 rings (SSSR count). The summed E-state index contributed by atoms with van der Waals surface area (Å²) < 4.78 is 5.75. The van der Waals surface area contributed by atoms with E-state index in [2.05, 4.69) is 171 Å². The van der Waals surface area contributed by atoms with Crippen LogP contribution < -0.4 is 0 Å². The van der Waals surface area contributed by atoms with E-state index in [1.165, 1.54) is 0 Å². The van der Waals surface area contributed by atoms with Gasteiger partial charge in [-0.25, -0.2) is 0 Å². The molecule has 0 aliphatic heterocycles. The summed E-state index contributed by atoms with van der Waals surface area (Å²) in [4.78, 5) is 0. The van der Waals surface area contributed by atoms with Crippen LogP contribution in [0.15, 0.2) is 152 Å². The van der Waals surface area contributed by atoms with E-state index in [9.17, 15) is 10.5 Å². The summed E-state index contributed by atoms with van der Waals surface area (Å²) in [6, 6.07) is 57.2. The first-order valence-corrected chi connectivity index (χ1v) is 17.1. The molecule has 4 nitrogen and oxygen atoms in total. The number of hydrogen-bond acceptors (Lipinski definition) is 2. The normalized spacial score (nSPS) is 11.3. The quantitative estimate of drug-likeness (QED) is 0.169. The van der Waals surface area contributed by atoms with Gasteiger partial charge in [-0.1, -0.05) is 84.9 Å². The molecule has 0 bridgehead atoms. The van der Waals surface area contributed by atoms with Gasteiger partial charge in [0.15, 0.2) is 0 Å². The van der Waals surface area contributed by atoms with E-state index < -0.39 is 0 Å². The molecule has 0 saturated heterocycles. The summed E-state index contributed by atoms with van der Waals surface area (Å²) in [7, 11) is 0. The number of nitriles is 2. The van der Waals surface area contributed by atoms with E-state index in [4.69, 9.17) is 0 Å². The van der Waals surface area contributed by atoms with Crippen LogP contribution in [0.3, 0.4) is 0 Å². The maximum Gasteiger partial charge on any atom is 0.0991 e. The monoisotopic (exact) mass is 736 g/mol. The van der Waals surface area contributed by atoms with E-state index in [1.807, 2.05) is 24.3 Å². The van der Waals surface area contributed by atoms with Gasteiger partial charge in [0, 0.05) is 30.7 Å². The summed E-state index contributed by atoms with van der Waals surface area (Å²) in [6.45, 7) is 0. The third-order valence-electron chi connectivity index (χ3n) is 9.47. The number of para-hydroxylation sites is 3. The minimum Gasteiger partial charge on any atom is -0.309 e. The molecule has 0 N–H and O–H groups in total. The zero-order valence-electron chi connectivity index (χ0n) is 26.1. The van der Waals surface area contributed by atoms with Crippen molar-refractivity contribution in [2.24, 2.45) is 0 Å². The third-order valence-corrected chi connectivity index (χ3v) is 10.3. The van der Waals surface area contributed by atoms with Gasteiger partial charge in [0.25, 0.3) is 0 Å². The van der Waals surface area contributed by atoms with Crippen LogP contribution in [0, 0.1) is 26.2 Å².